The smallest absolute Gasteiger partial charge is 0.169 e. The molecule has 0 spiro atoms. The topological polar surface area (TPSA) is 121 Å². The Morgan fingerprint density at radius 1 is 1.04 bits per heavy atom. The van der Waals surface area contributed by atoms with Gasteiger partial charge in [-0.3, -0.25) is 0 Å². The van der Waals surface area contributed by atoms with Gasteiger partial charge in [0.25, 0.3) is 0 Å². The quantitative estimate of drug-likeness (QED) is 0.379. The summed E-state index contributed by atoms with van der Waals surface area (Å²) in [6, 6.07) is 10.7. The SMILES string of the molecule is COc1ccccc1-c1ccc(F)c(COc2cc(N)nc(NN)c2N)c1F. The molecule has 0 fully saturated rings. The number of hydrogen-bond acceptors (Lipinski definition) is 7. The van der Waals surface area contributed by atoms with E-state index in [2.05, 4.69) is 10.4 Å². The highest BCUT2D eigenvalue weighted by Crippen LogP contribution is 2.35. The van der Waals surface area contributed by atoms with Crippen molar-refractivity contribution in [2.75, 3.05) is 24.0 Å². The Morgan fingerprint density at radius 3 is 2.50 bits per heavy atom. The lowest BCUT2D eigenvalue weighted by Crippen LogP contribution is -2.13. The monoisotopic (exact) mass is 387 g/mol. The number of halogens is 2. The summed E-state index contributed by atoms with van der Waals surface area (Å²) < 4.78 is 40.2. The summed E-state index contributed by atoms with van der Waals surface area (Å²) in [5.41, 5.74) is 14.3. The average Bonchev–Trinajstić information content (AvgIpc) is 2.70. The first kappa shape index (κ1) is 19.2. The average molecular weight is 387 g/mol. The molecule has 2 aromatic carbocycles. The molecule has 0 saturated heterocycles. The minimum Gasteiger partial charge on any atom is -0.496 e. The van der Waals surface area contributed by atoms with Crippen LogP contribution in [0.1, 0.15) is 5.56 Å². The highest BCUT2D eigenvalue weighted by Gasteiger charge is 2.19. The summed E-state index contributed by atoms with van der Waals surface area (Å²) in [4.78, 5) is 3.89. The Balaban J connectivity index is 1.97. The second kappa shape index (κ2) is 7.97. The number of benzene rings is 2. The maximum absolute atomic E-state index is 15.1. The molecule has 7 N–H and O–H groups in total. The lowest BCUT2D eigenvalue weighted by molar-refractivity contribution is 0.294. The molecule has 0 radical (unpaired) electrons. The van der Waals surface area contributed by atoms with Gasteiger partial charge in [-0.05, 0) is 18.2 Å². The third-order valence-corrected chi connectivity index (χ3v) is 4.13. The molecular weight excluding hydrogens is 368 g/mol. The zero-order valence-corrected chi connectivity index (χ0v) is 15.0. The second-order valence-electron chi connectivity index (χ2n) is 5.83. The first-order valence-electron chi connectivity index (χ1n) is 8.22. The van der Waals surface area contributed by atoms with Crippen LogP contribution < -0.4 is 32.2 Å². The van der Waals surface area contributed by atoms with E-state index in [9.17, 15) is 4.39 Å². The summed E-state index contributed by atoms with van der Waals surface area (Å²) in [6.45, 7) is -0.418. The van der Waals surface area contributed by atoms with Gasteiger partial charge in [0.15, 0.2) is 5.82 Å². The number of nitrogens with two attached hydrogens (primary N) is 3. The summed E-state index contributed by atoms with van der Waals surface area (Å²) >= 11 is 0. The molecule has 0 aliphatic carbocycles. The van der Waals surface area contributed by atoms with E-state index < -0.39 is 18.2 Å². The standard InChI is InChI=1S/C19H19F2N5O2/c1-27-14-5-3-2-4-10(14)11-6-7-13(20)12(17(11)21)9-28-15-8-16(22)25-19(26-24)18(15)23/h2-8H,9,23-24H2,1H3,(H3,22,25,26). The van der Waals surface area contributed by atoms with E-state index in [-0.39, 0.29) is 34.2 Å². The Morgan fingerprint density at radius 2 is 1.79 bits per heavy atom. The van der Waals surface area contributed by atoms with Crippen molar-refractivity contribution in [3.63, 3.8) is 0 Å². The zero-order valence-electron chi connectivity index (χ0n) is 15.0. The number of methoxy groups -OCH3 is 1. The number of nitrogens with one attached hydrogen (secondary N) is 1. The highest BCUT2D eigenvalue weighted by molar-refractivity contribution is 5.72. The van der Waals surface area contributed by atoms with Crippen molar-refractivity contribution in [1.82, 2.24) is 4.98 Å². The van der Waals surface area contributed by atoms with Gasteiger partial charge in [-0.2, -0.15) is 0 Å². The molecule has 9 heteroatoms. The van der Waals surface area contributed by atoms with Crippen LogP contribution in [0, 0.1) is 11.6 Å². The van der Waals surface area contributed by atoms with Crippen molar-refractivity contribution in [2.45, 2.75) is 6.61 Å². The predicted molar refractivity (Wildman–Crippen MR) is 104 cm³/mol. The molecule has 3 aromatic rings. The van der Waals surface area contributed by atoms with Gasteiger partial charge in [0, 0.05) is 17.2 Å². The molecule has 0 aliphatic heterocycles. The van der Waals surface area contributed by atoms with E-state index in [1.807, 2.05) is 0 Å². The van der Waals surface area contributed by atoms with Gasteiger partial charge in [-0.25, -0.2) is 19.6 Å². The van der Waals surface area contributed by atoms with Crippen molar-refractivity contribution in [3.8, 4) is 22.6 Å². The Kier molecular flexibility index (Phi) is 5.46. The number of anilines is 3. The highest BCUT2D eigenvalue weighted by atomic mass is 19.1. The normalized spacial score (nSPS) is 10.6. The maximum atomic E-state index is 15.1. The molecule has 0 atom stereocenters. The van der Waals surface area contributed by atoms with Crippen molar-refractivity contribution in [2.24, 2.45) is 5.84 Å². The molecule has 0 bridgehead atoms. The third kappa shape index (κ3) is 3.60. The van der Waals surface area contributed by atoms with E-state index in [0.29, 0.717) is 11.3 Å². The Bertz CT molecular complexity index is 1010. The van der Waals surface area contributed by atoms with Crippen LogP contribution >= 0.6 is 0 Å². The number of pyridine rings is 1. The minimum absolute atomic E-state index is 0.0680. The molecular formula is C19H19F2N5O2. The van der Waals surface area contributed by atoms with Crippen molar-refractivity contribution in [1.29, 1.82) is 0 Å². The van der Waals surface area contributed by atoms with Gasteiger partial charge in [-0.15, -0.1) is 0 Å². The molecule has 146 valence electrons. The van der Waals surface area contributed by atoms with Gasteiger partial charge >= 0.3 is 0 Å². The lowest BCUT2D eigenvalue weighted by Gasteiger charge is -2.15. The maximum Gasteiger partial charge on any atom is 0.169 e. The first-order valence-corrected chi connectivity index (χ1v) is 8.22. The van der Waals surface area contributed by atoms with Crippen LogP contribution in [0.25, 0.3) is 11.1 Å². The summed E-state index contributed by atoms with van der Waals surface area (Å²) in [7, 11) is 1.48. The first-order chi connectivity index (χ1) is 13.5. The summed E-state index contributed by atoms with van der Waals surface area (Å²) in [5, 5.41) is 0. The van der Waals surface area contributed by atoms with E-state index in [1.165, 1.54) is 25.3 Å². The van der Waals surface area contributed by atoms with Crippen LogP contribution in [0.2, 0.25) is 0 Å². The van der Waals surface area contributed by atoms with Gasteiger partial charge in [0.2, 0.25) is 0 Å². The Hall–Kier alpha value is -3.59. The zero-order chi connectivity index (χ0) is 20.3. The summed E-state index contributed by atoms with van der Waals surface area (Å²) in [6.07, 6.45) is 0. The Labute approximate surface area is 160 Å². The second-order valence-corrected chi connectivity index (χ2v) is 5.83. The van der Waals surface area contributed by atoms with Crippen LogP contribution in [0.4, 0.5) is 26.1 Å². The molecule has 0 unspecified atom stereocenters. The van der Waals surface area contributed by atoms with E-state index in [1.54, 1.807) is 24.3 Å². The van der Waals surface area contributed by atoms with E-state index >= 15 is 4.39 Å². The fraction of sp³-hybridized carbons (Fsp3) is 0.105. The molecule has 0 saturated carbocycles. The number of hydrazine groups is 1. The van der Waals surface area contributed by atoms with E-state index in [4.69, 9.17) is 26.8 Å². The number of nitrogen functional groups attached to an aromatic ring is 3. The van der Waals surface area contributed by atoms with Crippen LogP contribution in [-0.2, 0) is 6.61 Å². The van der Waals surface area contributed by atoms with Gasteiger partial charge in [0.1, 0.15) is 41.2 Å². The summed E-state index contributed by atoms with van der Waals surface area (Å²) in [5.74, 6) is 4.54. The molecule has 28 heavy (non-hydrogen) atoms. The van der Waals surface area contributed by atoms with Crippen LogP contribution in [0.5, 0.6) is 11.5 Å². The number of ether oxygens (including phenoxy) is 2. The van der Waals surface area contributed by atoms with Crippen LogP contribution in [0.15, 0.2) is 42.5 Å². The number of rotatable bonds is 6. The van der Waals surface area contributed by atoms with Crippen molar-refractivity contribution >= 4 is 17.3 Å². The third-order valence-electron chi connectivity index (χ3n) is 4.13. The molecule has 1 heterocycles. The van der Waals surface area contributed by atoms with Gasteiger partial charge in [-0.1, -0.05) is 18.2 Å². The molecule has 7 nitrogen and oxygen atoms in total. The number of nitrogens with zero attached hydrogens (tertiary/aromatic N) is 1. The number of aromatic nitrogens is 1. The molecule has 1 aromatic heterocycles. The lowest BCUT2D eigenvalue weighted by atomic mass is 10.0. The minimum atomic E-state index is -0.762. The molecule has 0 amide bonds. The fourth-order valence-corrected chi connectivity index (χ4v) is 2.73. The number of hydrogen-bond donors (Lipinski definition) is 4. The molecule has 3 rings (SSSR count). The van der Waals surface area contributed by atoms with Gasteiger partial charge in [0.05, 0.1) is 12.7 Å². The van der Waals surface area contributed by atoms with Crippen molar-refractivity contribution < 1.29 is 18.3 Å². The van der Waals surface area contributed by atoms with E-state index in [0.717, 1.165) is 0 Å². The van der Waals surface area contributed by atoms with Crippen molar-refractivity contribution in [3.05, 3.63) is 59.7 Å². The van der Waals surface area contributed by atoms with Gasteiger partial charge < -0.3 is 26.4 Å². The van der Waals surface area contributed by atoms with Crippen LogP contribution in [-0.4, -0.2) is 12.1 Å². The largest absolute Gasteiger partial charge is 0.496 e. The molecule has 0 aliphatic rings. The number of para-hydroxylation sites is 1. The van der Waals surface area contributed by atoms with Crippen LogP contribution in [0.3, 0.4) is 0 Å². The predicted octanol–water partition coefficient (Wildman–Crippen LogP) is 3.06. The fourth-order valence-electron chi connectivity index (χ4n) is 2.73.